The Morgan fingerprint density at radius 3 is 2.40 bits per heavy atom. The molecule has 0 bridgehead atoms. The maximum atomic E-state index is 10.1. The minimum Gasteiger partial charge on any atom is -0.496 e. The number of aliphatic hydroxyl groups excluding tert-OH is 2. The van der Waals surface area contributed by atoms with Gasteiger partial charge in [-0.3, -0.25) is 0 Å². The van der Waals surface area contributed by atoms with Crippen LogP contribution in [0.1, 0.15) is 57.1 Å². The van der Waals surface area contributed by atoms with Crippen LogP contribution in [0, 0.1) is 0 Å². The van der Waals surface area contributed by atoms with Crippen LogP contribution in [-0.4, -0.2) is 29.5 Å². The van der Waals surface area contributed by atoms with E-state index < -0.39 is 12.2 Å². The predicted molar refractivity (Wildman–Crippen MR) is 82.3 cm³/mol. The fraction of sp³-hybridized carbons (Fsp3) is 0.647. The third-order valence-corrected chi connectivity index (χ3v) is 3.86. The predicted octanol–water partition coefficient (Wildman–Crippen LogP) is 3.27. The first-order chi connectivity index (χ1) is 9.53. The van der Waals surface area contributed by atoms with Crippen molar-refractivity contribution in [1.82, 2.24) is 0 Å². The molecule has 0 fully saturated rings. The second kappa shape index (κ2) is 8.28. The summed E-state index contributed by atoms with van der Waals surface area (Å²) < 4.78 is 5.41. The quantitative estimate of drug-likeness (QED) is 0.768. The molecule has 3 atom stereocenters. The van der Waals surface area contributed by atoms with Crippen molar-refractivity contribution in [2.24, 2.45) is 0 Å². The molecule has 0 heterocycles. The average Bonchev–Trinajstić information content (AvgIpc) is 2.46. The fourth-order valence-corrected chi connectivity index (χ4v) is 2.52. The molecule has 0 saturated carbocycles. The molecule has 1 rings (SSSR count). The van der Waals surface area contributed by atoms with Crippen LogP contribution in [0.4, 0.5) is 0 Å². The van der Waals surface area contributed by atoms with E-state index in [0.29, 0.717) is 12.8 Å². The van der Waals surface area contributed by atoms with E-state index in [1.165, 1.54) is 5.56 Å². The largest absolute Gasteiger partial charge is 0.496 e. The third kappa shape index (κ3) is 4.50. The van der Waals surface area contributed by atoms with E-state index in [4.69, 9.17) is 4.74 Å². The van der Waals surface area contributed by atoms with Crippen molar-refractivity contribution in [1.29, 1.82) is 0 Å². The number of hydrogen-bond acceptors (Lipinski definition) is 3. The summed E-state index contributed by atoms with van der Waals surface area (Å²) in [6, 6.07) is 6.19. The molecule has 0 aliphatic carbocycles. The van der Waals surface area contributed by atoms with Crippen molar-refractivity contribution >= 4 is 0 Å². The Hall–Kier alpha value is -1.06. The van der Waals surface area contributed by atoms with Crippen molar-refractivity contribution in [2.75, 3.05) is 7.11 Å². The SMILES string of the molecule is CCCC(O)C(O)CC(C)c1cc(CC)ccc1OC. The standard InChI is InChI=1S/C17H28O3/c1-5-7-15(18)16(19)10-12(3)14-11-13(6-2)8-9-17(14)20-4/h8-9,11-12,15-16,18-19H,5-7,10H2,1-4H3. The molecule has 20 heavy (non-hydrogen) atoms. The molecule has 0 aromatic heterocycles. The van der Waals surface area contributed by atoms with E-state index in [1.807, 2.05) is 13.0 Å². The molecule has 0 amide bonds. The first-order valence-corrected chi connectivity index (χ1v) is 7.56. The minimum atomic E-state index is -0.681. The fourth-order valence-electron chi connectivity index (χ4n) is 2.52. The summed E-state index contributed by atoms with van der Waals surface area (Å²) in [6.07, 6.45) is 1.72. The van der Waals surface area contributed by atoms with Gasteiger partial charge in [-0.25, -0.2) is 0 Å². The highest BCUT2D eigenvalue weighted by atomic mass is 16.5. The maximum Gasteiger partial charge on any atom is 0.122 e. The normalized spacial score (nSPS) is 15.7. The second-order valence-corrected chi connectivity index (χ2v) is 5.49. The summed E-state index contributed by atoms with van der Waals surface area (Å²) in [6.45, 7) is 6.20. The van der Waals surface area contributed by atoms with Gasteiger partial charge in [-0.05, 0) is 42.4 Å². The van der Waals surface area contributed by atoms with Crippen molar-refractivity contribution in [3.8, 4) is 5.75 Å². The molecule has 1 aromatic rings. The van der Waals surface area contributed by atoms with E-state index in [2.05, 4.69) is 26.0 Å². The molecule has 0 saturated heterocycles. The Bertz CT molecular complexity index is 403. The first kappa shape index (κ1) is 17.0. The van der Waals surface area contributed by atoms with Gasteiger partial charge in [0.25, 0.3) is 0 Å². The lowest BCUT2D eigenvalue weighted by Crippen LogP contribution is -2.27. The van der Waals surface area contributed by atoms with Crippen LogP contribution in [0.25, 0.3) is 0 Å². The van der Waals surface area contributed by atoms with Crippen LogP contribution in [-0.2, 0) is 6.42 Å². The highest BCUT2D eigenvalue weighted by Gasteiger charge is 2.21. The number of aliphatic hydroxyl groups is 2. The monoisotopic (exact) mass is 280 g/mol. The molecule has 0 aliphatic rings. The van der Waals surface area contributed by atoms with Gasteiger partial charge in [0.05, 0.1) is 19.3 Å². The van der Waals surface area contributed by atoms with Crippen molar-refractivity contribution in [2.45, 2.75) is 64.6 Å². The van der Waals surface area contributed by atoms with Gasteiger partial charge in [-0.2, -0.15) is 0 Å². The van der Waals surface area contributed by atoms with E-state index >= 15 is 0 Å². The van der Waals surface area contributed by atoms with Gasteiger partial charge in [0.15, 0.2) is 0 Å². The first-order valence-electron chi connectivity index (χ1n) is 7.56. The molecule has 3 unspecified atom stereocenters. The summed E-state index contributed by atoms with van der Waals surface area (Å²) >= 11 is 0. The van der Waals surface area contributed by atoms with Crippen LogP contribution in [0.2, 0.25) is 0 Å². The molecular formula is C17H28O3. The highest BCUT2D eigenvalue weighted by molar-refractivity contribution is 5.39. The molecule has 0 spiro atoms. The van der Waals surface area contributed by atoms with E-state index in [0.717, 1.165) is 24.2 Å². The Morgan fingerprint density at radius 1 is 1.15 bits per heavy atom. The molecule has 3 heteroatoms. The van der Waals surface area contributed by atoms with Gasteiger partial charge in [-0.1, -0.05) is 39.3 Å². The van der Waals surface area contributed by atoms with E-state index in [-0.39, 0.29) is 5.92 Å². The van der Waals surface area contributed by atoms with Gasteiger partial charge in [0, 0.05) is 0 Å². The molecule has 0 radical (unpaired) electrons. The highest BCUT2D eigenvalue weighted by Crippen LogP contribution is 2.31. The summed E-state index contributed by atoms with van der Waals surface area (Å²) in [7, 11) is 1.67. The van der Waals surface area contributed by atoms with E-state index in [1.54, 1.807) is 7.11 Å². The van der Waals surface area contributed by atoms with Crippen LogP contribution < -0.4 is 4.74 Å². The Morgan fingerprint density at radius 2 is 1.85 bits per heavy atom. The molecule has 2 N–H and O–H groups in total. The van der Waals surface area contributed by atoms with Gasteiger partial charge in [-0.15, -0.1) is 0 Å². The van der Waals surface area contributed by atoms with Crippen LogP contribution in [0.15, 0.2) is 18.2 Å². The third-order valence-electron chi connectivity index (χ3n) is 3.86. The summed E-state index contributed by atoms with van der Waals surface area (Å²) in [4.78, 5) is 0. The zero-order valence-electron chi connectivity index (χ0n) is 13.1. The van der Waals surface area contributed by atoms with Gasteiger partial charge >= 0.3 is 0 Å². The van der Waals surface area contributed by atoms with Gasteiger partial charge in [0.2, 0.25) is 0 Å². The van der Waals surface area contributed by atoms with E-state index in [9.17, 15) is 10.2 Å². The topological polar surface area (TPSA) is 49.7 Å². The zero-order valence-corrected chi connectivity index (χ0v) is 13.1. The van der Waals surface area contributed by atoms with Gasteiger partial charge in [0.1, 0.15) is 5.75 Å². The smallest absolute Gasteiger partial charge is 0.122 e. The lowest BCUT2D eigenvalue weighted by atomic mass is 9.90. The Labute approximate surface area is 122 Å². The molecule has 1 aromatic carbocycles. The molecule has 114 valence electrons. The van der Waals surface area contributed by atoms with Crippen molar-refractivity contribution < 1.29 is 14.9 Å². The van der Waals surface area contributed by atoms with Crippen molar-refractivity contribution in [3.63, 3.8) is 0 Å². The summed E-state index contributed by atoms with van der Waals surface area (Å²) in [5.41, 5.74) is 2.37. The molecule has 0 aliphatic heterocycles. The lowest BCUT2D eigenvalue weighted by Gasteiger charge is -2.23. The Balaban J connectivity index is 2.82. The number of ether oxygens (including phenoxy) is 1. The number of benzene rings is 1. The average molecular weight is 280 g/mol. The minimum absolute atomic E-state index is 0.151. The maximum absolute atomic E-state index is 10.1. The zero-order chi connectivity index (χ0) is 15.1. The number of hydrogen-bond donors (Lipinski definition) is 2. The number of methoxy groups -OCH3 is 1. The molecular weight excluding hydrogens is 252 g/mol. The Kier molecular flexibility index (Phi) is 7.03. The van der Waals surface area contributed by atoms with Crippen molar-refractivity contribution in [3.05, 3.63) is 29.3 Å². The van der Waals surface area contributed by atoms with Crippen LogP contribution >= 0.6 is 0 Å². The number of aryl methyl sites for hydroxylation is 1. The van der Waals surface area contributed by atoms with Crippen LogP contribution in [0.5, 0.6) is 5.75 Å². The second-order valence-electron chi connectivity index (χ2n) is 5.49. The number of rotatable bonds is 8. The molecule has 3 nitrogen and oxygen atoms in total. The lowest BCUT2D eigenvalue weighted by molar-refractivity contribution is 0.00628. The van der Waals surface area contributed by atoms with Gasteiger partial charge < -0.3 is 14.9 Å². The summed E-state index contributed by atoms with van der Waals surface area (Å²) in [5, 5.41) is 19.9. The van der Waals surface area contributed by atoms with Crippen LogP contribution in [0.3, 0.4) is 0 Å². The summed E-state index contributed by atoms with van der Waals surface area (Å²) in [5.74, 6) is 1.00.